The summed E-state index contributed by atoms with van der Waals surface area (Å²) < 4.78 is 43.4. The van der Waals surface area contributed by atoms with Crippen LogP contribution in [0.3, 0.4) is 0 Å². The molecule has 134 valence electrons. The molecule has 2 aromatic carbocycles. The van der Waals surface area contributed by atoms with Gasteiger partial charge in [0.1, 0.15) is 17.2 Å². The predicted molar refractivity (Wildman–Crippen MR) is 90.9 cm³/mol. The van der Waals surface area contributed by atoms with Crippen LogP contribution in [0.15, 0.2) is 47.3 Å². The minimum Gasteiger partial charge on any atom is -0.507 e. The van der Waals surface area contributed by atoms with E-state index in [-0.39, 0.29) is 22.5 Å². The molecule has 1 aromatic heterocycles. The van der Waals surface area contributed by atoms with Gasteiger partial charge in [0.25, 0.3) is 5.56 Å². The van der Waals surface area contributed by atoms with Crippen molar-refractivity contribution in [2.75, 3.05) is 7.11 Å². The normalized spacial score (nSPS) is 12.4. The van der Waals surface area contributed by atoms with Gasteiger partial charge in [0.15, 0.2) is 0 Å². The van der Waals surface area contributed by atoms with E-state index in [1.54, 1.807) is 24.3 Å². The monoisotopic (exact) mass is 362 g/mol. The molecule has 0 saturated carbocycles. The highest BCUT2D eigenvalue weighted by Gasteiger charge is 2.30. The van der Waals surface area contributed by atoms with Gasteiger partial charge in [-0.05, 0) is 30.3 Å². The van der Waals surface area contributed by atoms with Gasteiger partial charge in [-0.1, -0.05) is 12.1 Å². The molecule has 2 N–H and O–H groups in total. The van der Waals surface area contributed by atoms with Crippen LogP contribution >= 0.6 is 0 Å². The maximum absolute atomic E-state index is 12.8. The summed E-state index contributed by atoms with van der Waals surface area (Å²) >= 11 is 0. The molecule has 0 amide bonds. The van der Waals surface area contributed by atoms with Crippen LogP contribution in [0.4, 0.5) is 13.2 Å². The van der Waals surface area contributed by atoms with Crippen LogP contribution in [-0.2, 0) is 6.18 Å². The standard InChI is InChI=1S/C18H13F3N2O3/c1-26-16-5-3-2-4-11(16)15(24)9-14-17(25)23-13-8-10(18(19,20)21)6-7-12(13)22-14/h2-9,24H,1H3,(H,23,25). The number of nitrogens with zero attached hydrogens (tertiary/aromatic N) is 1. The van der Waals surface area contributed by atoms with Crippen LogP contribution in [0.1, 0.15) is 16.8 Å². The van der Waals surface area contributed by atoms with Crippen LogP contribution in [0.25, 0.3) is 22.9 Å². The first-order valence-electron chi connectivity index (χ1n) is 7.45. The molecular formula is C18H13F3N2O3. The SMILES string of the molecule is COc1ccccc1C(O)=Cc1nc2ccc(C(F)(F)F)cc2[nH]c1=O. The van der Waals surface area contributed by atoms with E-state index in [1.807, 2.05) is 0 Å². The number of fused-ring (bicyclic) bond motifs is 1. The summed E-state index contributed by atoms with van der Waals surface area (Å²) in [5.41, 5.74) is -1.28. The van der Waals surface area contributed by atoms with Crippen molar-refractivity contribution < 1.29 is 23.0 Å². The lowest BCUT2D eigenvalue weighted by Gasteiger charge is -2.08. The molecule has 0 aliphatic carbocycles. The molecule has 5 nitrogen and oxygen atoms in total. The number of ether oxygens (including phenoxy) is 1. The lowest BCUT2D eigenvalue weighted by atomic mass is 10.1. The summed E-state index contributed by atoms with van der Waals surface area (Å²) in [6, 6.07) is 9.48. The summed E-state index contributed by atoms with van der Waals surface area (Å²) in [4.78, 5) is 18.5. The third-order valence-corrected chi connectivity index (χ3v) is 3.70. The number of rotatable bonds is 3. The molecule has 0 unspecified atom stereocenters. The van der Waals surface area contributed by atoms with Crippen molar-refractivity contribution in [2.24, 2.45) is 0 Å². The molecule has 1 heterocycles. The summed E-state index contributed by atoms with van der Waals surface area (Å²) in [6.45, 7) is 0. The summed E-state index contributed by atoms with van der Waals surface area (Å²) in [5, 5.41) is 10.3. The number of aliphatic hydroxyl groups is 1. The summed E-state index contributed by atoms with van der Waals surface area (Å²) in [6.07, 6.45) is -3.39. The molecular weight excluding hydrogens is 349 g/mol. The number of aliphatic hydroxyl groups excluding tert-OH is 1. The van der Waals surface area contributed by atoms with Crippen molar-refractivity contribution in [1.29, 1.82) is 0 Å². The van der Waals surface area contributed by atoms with E-state index in [4.69, 9.17) is 4.74 Å². The van der Waals surface area contributed by atoms with Crippen molar-refractivity contribution in [3.8, 4) is 5.75 Å². The molecule has 0 saturated heterocycles. The lowest BCUT2D eigenvalue weighted by molar-refractivity contribution is -0.137. The first-order chi connectivity index (χ1) is 12.3. The first kappa shape index (κ1) is 17.5. The molecule has 0 bridgehead atoms. The second-order valence-electron chi connectivity index (χ2n) is 5.41. The molecule has 26 heavy (non-hydrogen) atoms. The molecule has 0 radical (unpaired) electrons. The van der Waals surface area contributed by atoms with E-state index in [1.165, 1.54) is 7.11 Å². The minimum atomic E-state index is -4.52. The number of nitrogens with one attached hydrogen (secondary N) is 1. The van der Waals surface area contributed by atoms with Gasteiger partial charge in [0, 0.05) is 6.08 Å². The maximum atomic E-state index is 12.8. The number of para-hydroxylation sites is 1. The minimum absolute atomic E-state index is 0.0428. The quantitative estimate of drug-likeness (QED) is 0.691. The van der Waals surface area contributed by atoms with Crippen LogP contribution < -0.4 is 10.3 Å². The van der Waals surface area contributed by atoms with Gasteiger partial charge in [0.05, 0.1) is 29.3 Å². The zero-order valence-electron chi connectivity index (χ0n) is 13.5. The Morgan fingerprint density at radius 3 is 2.65 bits per heavy atom. The van der Waals surface area contributed by atoms with Crippen LogP contribution in [-0.4, -0.2) is 22.2 Å². The second kappa shape index (κ2) is 6.55. The number of methoxy groups -OCH3 is 1. The fourth-order valence-electron chi connectivity index (χ4n) is 2.44. The highest BCUT2D eigenvalue weighted by atomic mass is 19.4. The van der Waals surface area contributed by atoms with Gasteiger partial charge in [-0.2, -0.15) is 13.2 Å². The highest BCUT2D eigenvalue weighted by Crippen LogP contribution is 2.30. The van der Waals surface area contributed by atoms with Crippen molar-refractivity contribution in [3.63, 3.8) is 0 Å². The Bertz CT molecular complexity index is 1060. The van der Waals surface area contributed by atoms with Gasteiger partial charge < -0.3 is 14.8 Å². The number of hydrogen-bond acceptors (Lipinski definition) is 4. The van der Waals surface area contributed by atoms with E-state index < -0.39 is 17.3 Å². The number of benzene rings is 2. The topological polar surface area (TPSA) is 75.2 Å². The van der Waals surface area contributed by atoms with Crippen LogP contribution in [0, 0.1) is 0 Å². The Labute approximate surface area is 145 Å². The Morgan fingerprint density at radius 1 is 1.23 bits per heavy atom. The summed E-state index contributed by atoms with van der Waals surface area (Å²) in [5.74, 6) is 0.139. The lowest BCUT2D eigenvalue weighted by Crippen LogP contribution is -2.13. The molecule has 3 aromatic rings. The number of aromatic nitrogens is 2. The van der Waals surface area contributed by atoms with Gasteiger partial charge >= 0.3 is 6.18 Å². The molecule has 0 atom stereocenters. The van der Waals surface area contributed by atoms with E-state index >= 15 is 0 Å². The Balaban J connectivity index is 2.08. The first-order valence-corrected chi connectivity index (χ1v) is 7.45. The Kier molecular flexibility index (Phi) is 4.41. The number of H-pyrrole nitrogens is 1. The van der Waals surface area contributed by atoms with Gasteiger partial charge in [-0.15, -0.1) is 0 Å². The smallest absolute Gasteiger partial charge is 0.416 e. The van der Waals surface area contributed by atoms with Crippen LogP contribution in [0.2, 0.25) is 0 Å². The number of hydrogen-bond donors (Lipinski definition) is 2. The van der Waals surface area contributed by atoms with Gasteiger partial charge in [-0.25, -0.2) is 4.98 Å². The van der Waals surface area contributed by atoms with Crippen molar-refractivity contribution in [3.05, 3.63) is 69.6 Å². The van der Waals surface area contributed by atoms with Gasteiger partial charge in [0.2, 0.25) is 0 Å². The van der Waals surface area contributed by atoms with Crippen molar-refractivity contribution in [1.82, 2.24) is 9.97 Å². The van der Waals surface area contributed by atoms with E-state index in [0.717, 1.165) is 24.3 Å². The Morgan fingerprint density at radius 2 is 1.96 bits per heavy atom. The fourth-order valence-corrected chi connectivity index (χ4v) is 2.44. The van der Waals surface area contributed by atoms with Crippen LogP contribution in [0.5, 0.6) is 5.75 Å². The Hall–Kier alpha value is -3.29. The number of halogens is 3. The van der Waals surface area contributed by atoms with E-state index in [9.17, 15) is 23.1 Å². The summed E-state index contributed by atoms with van der Waals surface area (Å²) in [7, 11) is 1.44. The average molecular weight is 362 g/mol. The van der Waals surface area contributed by atoms with Crippen molar-refractivity contribution >= 4 is 22.9 Å². The molecule has 0 aliphatic heterocycles. The van der Waals surface area contributed by atoms with Crippen molar-refractivity contribution in [2.45, 2.75) is 6.18 Å². The van der Waals surface area contributed by atoms with E-state index in [0.29, 0.717) is 11.3 Å². The average Bonchev–Trinajstić information content (AvgIpc) is 2.61. The molecule has 0 aliphatic rings. The maximum Gasteiger partial charge on any atom is 0.416 e. The predicted octanol–water partition coefficient (Wildman–Crippen LogP) is 4.01. The molecule has 8 heteroatoms. The van der Waals surface area contributed by atoms with E-state index in [2.05, 4.69) is 9.97 Å². The molecule has 0 spiro atoms. The zero-order valence-corrected chi connectivity index (χ0v) is 13.5. The third kappa shape index (κ3) is 3.39. The molecule has 0 fully saturated rings. The number of alkyl halides is 3. The molecule has 3 rings (SSSR count). The highest BCUT2D eigenvalue weighted by molar-refractivity contribution is 5.81. The second-order valence-corrected chi connectivity index (χ2v) is 5.41. The fraction of sp³-hybridized carbons (Fsp3) is 0.111. The zero-order chi connectivity index (χ0) is 18.9. The third-order valence-electron chi connectivity index (χ3n) is 3.70. The number of aromatic amines is 1. The van der Waals surface area contributed by atoms with Gasteiger partial charge in [-0.3, -0.25) is 4.79 Å². The largest absolute Gasteiger partial charge is 0.507 e.